The van der Waals surface area contributed by atoms with Crippen molar-refractivity contribution in [1.82, 2.24) is 4.90 Å². The Hall–Kier alpha value is -1.78. The first-order valence-corrected chi connectivity index (χ1v) is 6.47. The number of amides is 1. The molecule has 2 heterocycles. The Morgan fingerprint density at radius 1 is 1.42 bits per heavy atom. The average molecular weight is 265 g/mol. The van der Waals surface area contributed by atoms with Crippen LogP contribution in [0, 0.1) is 19.8 Å². The van der Waals surface area contributed by atoms with Crippen molar-refractivity contribution in [2.75, 3.05) is 20.2 Å². The number of hydrogen-bond donors (Lipinski definition) is 0. The first-order valence-electron chi connectivity index (χ1n) is 6.47. The summed E-state index contributed by atoms with van der Waals surface area (Å²) in [6.45, 7) is 4.70. The first kappa shape index (κ1) is 13.6. The molecule has 0 bridgehead atoms. The van der Waals surface area contributed by atoms with E-state index in [0.29, 0.717) is 24.4 Å². The van der Waals surface area contributed by atoms with Crippen LogP contribution in [0.25, 0.3) is 0 Å². The number of methoxy groups -OCH3 is 1. The quantitative estimate of drug-likeness (QED) is 0.766. The number of carbonyl (C=O) groups excluding carboxylic acids is 2. The predicted molar refractivity (Wildman–Crippen MR) is 68.8 cm³/mol. The highest BCUT2D eigenvalue weighted by Gasteiger charge is 2.30. The molecule has 5 heteroatoms. The van der Waals surface area contributed by atoms with Gasteiger partial charge in [-0.3, -0.25) is 9.59 Å². The average Bonchev–Trinajstić information content (AvgIpc) is 2.76. The fourth-order valence-corrected chi connectivity index (χ4v) is 2.53. The molecule has 5 nitrogen and oxygen atoms in total. The minimum Gasteiger partial charge on any atom is -0.469 e. The largest absolute Gasteiger partial charge is 0.469 e. The van der Waals surface area contributed by atoms with Crippen molar-refractivity contribution in [3.8, 4) is 0 Å². The van der Waals surface area contributed by atoms with Gasteiger partial charge in [0, 0.05) is 13.1 Å². The highest BCUT2D eigenvalue weighted by molar-refractivity contribution is 5.95. The summed E-state index contributed by atoms with van der Waals surface area (Å²) in [5, 5.41) is 0. The second-order valence-electron chi connectivity index (χ2n) is 4.94. The summed E-state index contributed by atoms with van der Waals surface area (Å²) in [6, 6.07) is 1.75. The third-order valence-electron chi connectivity index (χ3n) is 3.51. The van der Waals surface area contributed by atoms with Crippen LogP contribution < -0.4 is 0 Å². The molecule has 0 radical (unpaired) electrons. The molecule has 19 heavy (non-hydrogen) atoms. The molecule has 1 aliphatic heterocycles. The smallest absolute Gasteiger partial charge is 0.310 e. The molecule has 0 spiro atoms. The molecule has 1 aromatic heterocycles. The monoisotopic (exact) mass is 265 g/mol. The lowest BCUT2D eigenvalue weighted by atomic mass is 9.97. The van der Waals surface area contributed by atoms with E-state index in [2.05, 4.69) is 0 Å². The van der Waals surface area contributed by atoms with Gasteiger partial charge in [0.15, 0.2) is 0 Å². The Bertz CT molecular complexity index is 492. The summed E-state index contributed by atoms with van der Waals surface area (Å²) in [4.78, 5) is 25.7. The van der Waals surface area contributed by atoms with E-state index in [0.717, 1.165) is 18.6 Å². The predicted octanol–water partition coefficient (Wildman–Crippen LogP) is 1.92. The Labute approximate surface area is 112 Å². The summed E-state index contributed by atoms with van der Waals surface area (Å²) in [5.74, 6) is 0.835. The maximum absolute atomic E-state index is 12.4. The lowest BCUT2D eigenvalue weighted by Crippen LogP contribution is -2.42. The Kier molecular flexibility index (Phi) is 3.93. The van der Waals surface area contributed by atoms with Gasteiger partial charge in [-0.25, -0.2) is 0 Å². The number of likely N-dealkylation sites (tertiary alicyclic amines) is 1. The van der Waals surface area contributed by atoms with Crippen LogP contribution in [0.4, 0.5) is 0 Å². The van der Waals surface area contributed by atoms with Gasteiger partial charge in [-0.2, -0.15) is 0 Å². The van der Waals surface area contributed by atoms with Crippen LogP contribution in [-0.4, -0.2) is 37.0 Å². The second-order valence-corrected chi connectivity index (χ2v) is 4.94. The minimum absolute atomic E-state index is 0.0667. The van der Waals surface area contributed by atoms with Crippen molar-refractivity contribution < 1.29 is 18.7 Å². The maximum atomic E-state index is 12.4. The molecular formula is C14H19NO4. The summed E-state index contributed by atoms with van der Waals surface area (Å²) >= 11 is 0. The van der Waals surface area contributed by atoms with Crippen LogP contribution in [0.3, 0.4) is 0 Å². The van der Waals surface area contributed by atoms with Crippen molar-refractivity contribution in [1.29, 1.82) is 0 Å². The molecule has 1 aromatic rings. The van der Waals surface area contributed by atoms with E-state index < -0.39 is 0 Å². The number of hydrogen-bond acceptors (Lipinski definition) is 4. The van der Waals surface area contributed by atoms with Crippen LogP contribution in [0.2, 0.25) is 0 Å². The molecule has 1 aliphatic rings. The first-order chi connectivity index (χ1) is 9.02. The van der Waals surface area contributed by atoms with Gasteiger partial charge >= 0.3 is 5.97 Å². The molecule has 0 aliphatic carbocycles. The molecule has 1 saturated heterocycles. The number of carbonyl (C=O) groups is 2. The number of rotatable bonds is 2. The molecule has 0 aromatic carbocycles. The van der Waals surface area contributed by atoms with E-state index in [1.807, 2.05) is 6.92 Å². The fraction of sp³-hybridized carbons (Fsp3) is 0.571. The molecule has 2 rings (SSSR count). The summed E-state index contributed by atoms with van der Waals surface area (Å²) in [5.41, 5.74) is 0.586. The van der Waals surface area contributed by atoms with E-state index in [1.54, 1.807) is 17.9 Å². The summed E-state index contributed by atoms with van der Waals surface area (Å²) in [7, 11) is 1.38. The number of aryl methyl sites for hydroxylation is 2. The normalized spacial score (nSPS) is 19.3. The van der Waals surface area contributed by atoms with E-state index in [-0.39, 0.29) is 17.8 Å². The molecular weight excluding hydrogens is 246 g/mol. The molecule has 1 atom stereocenters. The molecule has 0 unspecified atom stereocenters. The van der Waals surface area contributed by atoms with E-state index in [4.69, 9.17) is 9.15 Å². The van der Waals surface area contributed by atoms with Gasteiger partial charge < -0.3 is 14.1 Å². The van der Waals surface area contributed by atoms with Crippen molar-refractivity contribution in [3.63, 3.8) is 0 Å². The van der Waals surface area contributed by atoms with Crippen molar-refractivity contribution in [2.45, 2.75) is 26.7 Å². The third kappa shape index (κ3) is 2.80. The molecule has 1 fully saturated rings. The van der Waals surface area contributed by atoms with Gasteiger partial charge in [0.2, 0.25) is 0 Å². The van der Waals surface area contributed by atoms with Gasteiger partial charge in [-0.05, 0) is 32.8 Å². The zero-order valence-electron chi connectivity index (χ0n) is 11.6. The van der Waals surface area contributed by atoms with E-state index in [1.165, 1.54) is 7.11 Å². The van der Waals surface area contributed by atoms with Crippen molar-refractivity contribution >= 4 is 11.9 Å². The molecule has 0 saturated carbocycles. The minimum atomic E-state index is -0.238. The third-order valence-corrected chi connectivity index (χ3v) is 3.51. The fourth-order valence-electron chi connectivity index (χ4n) is 2.53. The Morgan fingerprint density at radius 2 is 2.16 bits per heavy atom. The second kappa shape index (κ2) is 5.47. The van der Waals surface area contributed by atoms with Gasteiger partial charge in [-0.1, -0.05) is 0 Å². The highest BCUT2D eigenvalue weighted by atomic mass is 16.5. The van der Waals surface area contributed by atoms with E-state index in [9.17, 15) is 9.59 Å². The molecule has 104 valence electrons. The number of nitrogens with zero attached hydrogens (tertiary/aromatic N) is 1. The lowest BCUT2D eigenvalue weighted by molar-refractivity contribution is -0.146. The zero-order valence-corrected chi connectivity index (χ0v) is 11.6. The standard InChI is InChI=1S/C14H19NO4/c1-9-7-12(10(2)19-9)13(16)15-6-4-5-11(8-15)14(17)18-3/h7,11H,4-6,8H2,1-3H3/t11-/m0/s1. The zero-order chi connectivity index (χ0) is 14.0. The van der Waals surface area contributed by atoms with Crippen LogP contribution in [0.5, 0.6) is 0 Å². The number of piperidine rings is 1. The molecule has 0 N–H and O–H groups in total. The number of esters is 1. The van der Waals surface area contributed by atoms with Crippen LogP contribution >= 0.6 is 0 Å². The Morgan fingerprint density at radius 3 is 2.74 bits per heavy atom. The SMILES string of the molecule is COC(=O)[C@H]1CCCN(C(=O)c2cc(C)oc2C)C1. The topological polar surface area (TPSA) is 59.8 Å². The Balaban J connectivity index is 2.11. The van der Waals surface area contributed by atoms with Crippen molar-refractivity contribution in [2.24, 2.45) is 5.92 Å². The van der Waals surface area contributed by atoms with E-state index >= 15 is 0 Å². The van der Waals surface area contributed by atoms with Gasteiger partial charge in [0.1, 0.15) is 11.5 Å². The van der Waals surface area contributed by atoms with Crippen LogP contribution in [-0.2, 0) is 9.53 Å². The van der Waals surface area contributed by atoms with Gasteiger partial charge in [0.05, 0.1) is 18.6 Å². The molecule has 1 amide bonds. The lowest BCUT2D eigenvalue weighted by Gasteiger charge is -2.31. The van der Waals surface area contributed by atoms with Crippen LogP contribution in [0.1, 0.15) is 34.7 Å². The van der Waals surface area contributed by atoms with Gasteiger partial charge in [0.25, 0.3) is 5.91 Å². The number of furan rings is 1. The highest BCUT2D eigenvalue weighted by Crippen LogP contribution is 2.22. The number of ether oxygens (including phenoxy) is 1. The van der Waals surface area contributed by atoms with Crippen LogP contribution in [0.15, 0.2) is 10.5 Å². The van der Waals surface area contributed by atoms with Gasteiger partial charge in [-0.15, -0.1) is 0 Å². The summed E-state index contributed by atoms with van der Waals surface area (Å²) in [6.07, 6.45) is 1.60. The maximum Gasteiger partial charge on any atom is 0.310 e. The van der Waals surface area contributed by atoms with Crippen molar-refractivity contribution in [3.05, 3.63) is 23.2 Å². The summed E-state index contributed by atoms with van der Waals surface area (Å²) < 4.78 is 10.1.